The van der Waals surface area contributed by atoms with Crippen molar-refractivity contribution in [3.63, 3.8) is 0 Å². The quantitative estimate of drug-likeness (QED) is 0.356. The molecule has 4 amide bonds. The molecule has 0 bridgehead atoms. The van der Waals surface area contributed by atoms with Crippen LogP contribution in [0.1, 0.15) is 110 Å². The number of hydrogen-bond acceptors (Lipinski definition) is 5. The molecule has 1 aliphatic rings. The highest BCUT2D eigenvalue weighted by Gasteiger charge is 2.39. The monoisotopic (exact) mass is 544 g/mol. The molecular weight excluding hydrogens is 496 g/mol. The summed E-state index contributed by atoms with van der Waals surface area (Å²) in [5.41, 5.74) is 6.43. The zero-order valence-corrected chi connectivity index (χ0v) is 24.5. The maximum atomic E-state index is 14.2. The number of rotatable bonds is 12. The fraction of sp³-hybridized carbons (Fsp3) is 0.667. The van der Waals surface area contributed by atoms with Gasteiger partial charge in [0.05, 0.1) is 0 Å². The lowest BCUT2D eigenvalue weighted by molar-refractivity contribution is -0.145. The first-order chi connectivity index (χ1) is 18.4. The van der Waals surface area contributed by atoms with Gasteiger partial charge in [0.25, 0.3) is 0 Å². The minimum Gasteiger partial charge on any atom is -0.444 e. The van der Waals surface area contributed by atoms with E-state index in [0.717, 1.165) is 44.1 Å². The first-order valence-electron chi connectivity index (χ1n) is 14.3. The van der Waals surface area contributed by atoms with Gasteiger partial charge in [-0.15, -0.1) is 0 Å². The van der Waals surface area contributed by atoms with Crippen molar-refractivity contribution >= 4 is 23.8 Å². The number of benzene rings is 1. The Labute approximate surface area is 233 Å². The van der Waals surface area contributed by atoms with Crippen molar-refractivity contribution in [2.45, 2.75) is 129 Å². The summed E-state index contributed by atoms with van der Waals surface area (Å²) >= 11 is 0. The molecule has 9 nitrogen and oxygen atoms in total. The van der Waals surface area contributed by atoms with Crippen molar-refractivity contribution in [2.24, 2.45) is 5.73 Å². The van der Waals surface area contributed by atoms with Crippen molar-refractivity contribution < 1.29 is 23.9 Å². The summed E-state index contributed by atoms with van der Waals surface area (Å²) in [6.45, 7) is 11.1. The number of nitrogens with two attached hydrogens (primary N) is 1. The molecule has 218 valence electrons. The van der Waals surface area contributed by atoms with Crippen LogP contribution in [0.4, 0.5) is 4.79 Å². The molecule has 9 heteroatoms. The first kappa shape index (κ1) is 32.1. The number of hydrogen-bond donors (Lipinski definition) is 3. The van der Waals surface area contributed by atoms with Crippen LogP contribution in [0.2, 0.25) is 0 Å². The van der Waals surface area contributed by atoms with Crippen LogP contribution in [0.3, 0.4) is 0 Å². The Bertz CT molecular complexity index is 967. The van der Waals surface area contributed by atoms with Crippen LogP contribution in [0.5, 0.6) is 0 Å². The lowest BCUT2D eigenvalue weighted by atomic mass is 9.93. The summed E-state index contributed by atoms with van der Waals surface area (Å²) in [6.07, 6.45) is 5.64. The molecule has 0 radical (unpaired) electrons. The molecule has 39 heavy (non-hydrogen) atoms. The van der Waals surface area contributed by atoms with Gasteiger partial charge in [0.1, 0.15) is 17.7 Å². The van der Waals surface area contributed by atoms with E-state index in [1.165, 1.54) is 0 Å². The van der Waals surface area contributed by atoms with Gasteiger partial charge in [-0.2, -0.15) is 0 Å². The Morgan fingerprint density at radius 2 is 1.67 bits per heavy atom. The van der Waals surface area contributed by atoms with E-state index in [0.29, 0.717) is 12.0 Å². The molecule has 1 aromatic rings. The second kappa shape index (κ2) is 14.9. The molecule has 0 aliphatic heterocycles. The van der Waals surface area contributed by atoms with E-state index in [1.807, 2.05) is 38.1 Å². The van der Waals surface area contributed by atoms with Crippen molar-refractivity contribution in [1.29, 1.82) is 0 Å². The number of alkyl carbamates (subject to hydrolysis) is 1. The highest BCUT2D eigenvalue weighted by Crippen LogP contribution is 2.28. The fourth-order valence-electron chi connectivity index (χ4n) is 4.87. The van der Waals surface area contributed by atoms with E-state index < -0.39 is 35.6 Å². The highest BCUT2D eigenvalue weighted by atomic mass is 16.6. The Balaban J connectivity index is 2.50. The standard InChI is InChI=1S/C30H48N4O5/c1-7-20(3)34(28(37)24(18-19-25(31)35)33-29(38)39-30(4,5)6)26(22-16-14-21(8-2)15-17-22)27(36)32-23-12-10-9-11-13-23/h14-17,20,23-24,26H,7-13,18-19H2,1-6H3,(H2,31,35)(H,32,36)(H,33,38). The Morgan fingerprint density at radius 3 is 2.18 bits per heavy atom. The molecule has 0 aromatic heterocycles. The lowest BCUT2D eigenvalue weighted by Crippen LogP contribution is -2.56. The van der Waals surface area contributed by atoms with Gasteiger partial charge in [0, 0.05) is 18.5 Å². The van der Waals surface area contributed by atoms with E-state index in [1.54, 1.807) is 25.7 Å². The van der Waals surface area contributed by atoms with Crippen molar-refractivity contribution in [3.05, 3.63) is 35.4 Å². The SMILES string of the molecule is CCc1ccc(C(C(=O)NC2CCCCC2)N(C(=O)C(CCC(N)=O)NC(=O)OC(C)(C)C)C(C)CC)cc1. The van der Waals surface area contributed by atoms with Gasteiger partial charge >= 0.3 is 6.09 Å². The van der Waals surface area contributed by atoms with Gasteiger partial charge in [-0.05, 0) is 70.9 Å². The summed E-state index contributed by atoms with van der Waals surface area (Å²) in [6, 6.07) is 5.46. The van der Waals surface area contributed by atoms with Gasteiger partial charge in [0.15, 0.2) is 0 Å². The van der Waals surface area contributed by atoms with Gasteiger partial charge in [-0.25, -0.2) is 4.79 Å². The smallest absolute Gasteiger partial charge is 0.408 e. The maximum absolute atomic E-state index is 14.2. The van der Waals surface area contributed by atoms with Crippen LogP contribution in [-0.2, 0) is 25.5 Å². The number of carbonyl (C=O) groups excluding carboxylic acids is 4. The molecular formula is C30H48N4O5. The van der Waals surface area contributed by atoms with Crippen molar-refractivity contribution in [2.75, 3.05) is 0 Å². The topological polar surface area (TPSA) is 131 Å². The largest absolute Gasteiger partial charge is 0.444 e. The number of primary amides is 1. The zero-order valence-electron chi connectivity index (χ0n) is 24.5. The summed E-state index contributed by atoms with van der Waals surface area (Å²) in [7, 11) is 0. The van der Waals surface area contributed by atoms with Crippen LogP contribution >= 0.6 is 0 Å². The van der Waals surface area contributed by atoms with Gasteiger partial charge in [-0.1, -0.05) is 57.4 Å². The number of ether oxygens (including phenoxy) is 1. The van der Waals surface area contributed by atoms with E-state index in [2.05, 4.69) is 17.6 Å². The van der Waals surface area contributed by atoms with Gasteiger partial charge in [0.2, 0.25) is 17.7 Å². The minimum atomic E-state index is -1.10. The third kappa shape index (κ3) is 10.2. The minimum absolute atomic E-state index is 0.00786. The number of nitrogens with zero attached hydrogens (tertiary/aromatic N) is 1. The molecule has 0 heterocycles. The molecule has 1 aliphatic carbocycles. The fourth-order valence-corrected chi connectivity index (χ4v) is 4.87. The van der Waals surface area contributed by atoms with E-state index >= 15 is 0 Å². The third-order valence-electron chi connectivity index (χ3n) is 7.17. The maximum Gasteiger partial charge on any atom is 0.408 e. The average molecular weight is 545 g/mol. The second-order valence-electron chi connectivity index (χ2n) is 11.5. The van der Waals surface area contributed by atoms with Crippen molar-refractivity contribution in [1.82, 2.24) is 15.5 Å². The van der Waals surface area contributed by atoms with Crippen LogP contribution in [0, 0.1) is 0 Å². The lowest BCUT2D eigenvalue weighted by Gasteiger charge is -2.39. The summed E-state index contributed by atoms with van der Waals surface area (Å²) in [4.78, 5) is 54.0. The van der Waals surface area contributed by atoms with Gasteiger partial charge < -0.3 is 26.0 Å². The summed E-state index contributed by atoms with van der Waals surface area (Å²) in [5, 5.41) is 5.84. The molecule has 3 atom stereocenters. The summed E-state index contributed by atoms with van der Waals surface area (Å²) < 4.78 is 5.39. The summed E-state index contributed by atoms with van der Waals surface area (Å²) in [5.74, 6) is -1.29. The zero-order chi connectivity index (χ0) is 29.2. The second-order valence-corrected chi connectivity index (χ2v) is 11.5. The molecule has 1 saturated carbocycles. The van der Waals surface area contributed by atoms with Crippen LogP contribution in [0.15, 0.2) is 24.3 Å². The average Bonchev–Trinajstić information content (AvgIpc) is 2.88. The number of aryl methyl sites for hydroxylation is 1. The molecule has 3 unspecified atom stereocenters. The van der Waals surface area contributed by atoms with Crippen LogP contribution in [-0.4, -0.2) is 52.4 Å². The van der Waals surface area contributed by atoms with E-state index in [9.17, 15) is 19.2 Å². The van der Waals surface area contributed by atoms with E-state index in [4.69, 9.17) is 10.5 Å². The van der Waals surface area contributed by atoms with Crippen LogP contribution < -0.4 is 16.4 Å². The van der Waals surface area contributed by atoms with Crippen LogP contribution in [0.25, 0.3) is 0 Å². The Kier molecular flexibility index (Phi) is 12.3. The molecule has 0 spiro atoms. The van der Waals surface area contributed by atoms with Crippen molar-refractivity contribution in [3.8, 4) is 0 Å². The third-order valence-corrected chi connectivity index (χ3v) is 7.17. The molecule has 1 aromatic carbocycles. The van der Waals surface area contributed by atoms with E-state index in [-0.39, 0.29) is 30.8 Å². The molecule has 1 fully saturated rings. The molecule has 2 rings (SSSR count). The predicted octanol–water partition coefficient (Wildman–Crippen LogP) is 4.52. The predicted molar refractivity (Wildman–Crippen MR) is 152 cm³/mol. The first-order valence-corrected chi connectivity index (χ1v) is 14.3. The highest BCUT2D eigenvalue weighted by molar-refractivity contribution is 5.92. The molecule has 0 saturated heterocycles. The Hall–Kier alpha value is -3.10. The molecule has 4 N–H and O–H groups in total. The number of carbonyl (C=O) groups is 4. The normalized spacial score (nSPS) is 16.5. The van der Waals surface area contributed by atoms with Gasteiger partial charge in [-0.3, -0.25) is 14.4 Å². The number of amides is 4. The number of nitrogens with one attached hydrogen (secondary N) is 2. The Morgan fingerprint density at radius 1 is 1.05 bits per heavy atom.